The standard InChI is InChI=1S/C23H24N4O3/c1-26(2)22-17-11-12-27(13-15-7-9-16(10-8-15)23(29)30)14-19(17)24-21(25-22)18-5-3-4-6-20(18)28/h3-10,28H,11-14H2,1-2H3,(H,29,30). The third-order valence-corrected chi connectivity index (χ3v) is 5.30. The molecule has 0 aliphatic carbocycles. The molecule has 0 radical (unpaired) electrons. The van der Waals surface area contributed by atoms with E-state index in [1.165, 1.54) is 0 Å². The van der Waals surface area contributed by atoms with Crippen molar-refractivity contribution in [2.75, 3.05) is 25.5 Å². The summed E-state index contributed by atoms with van der Waals surface area (Å²) in [5, 5.41) is 19.3. The molecular weight excluding hydrogens is 380 g/mol. The first-order valence-electron chi connectivity index (χ1n) is 9.82. The number of rotatable bonds is 5. The number of aromatic carboxylic acids is 1. The lowest BCUT2D eigenvalue weighted by atomic mass is 10.0. The monoisotopic (exact) mass is 404 g/mol. The topological polar surface area (TPSA) is 89.8 Å². The van der Waals surface area contributed by atoms with E-state index in [1.54, 1.807) is 24.3 Å². The molecule has 2 N–H and O–H groups in total. The maximum Gasteiger partial charge on any atom is 0.335 e. The van der Waals surface area contributed by atoms with Crippen LogP contribution >= 0.6 is 0 Å². The number of phenolic OH excluding ortho intramolecular Hbond substituents is 1. The van der Waals surface area contributed by atoms with Gasteiger partial charge in [0.2, 0.25) is 0 Å². The Bertz CT molecular complexity index is 1080. The second-order valence-electron chi connectivity index (χ2n) is 7.67. The molecular formula is C23H24N4O3. The number of aromatic hydroxyl groups is 1. The molecule has 0 spiro atoms. The van der Waals surface area contributed by atoms with Gasteiger partial charge in [0, 0.05) is 39.3 Å². The summed E-state index contributed by atoms with van der Waals surface area (Å²) in [4.78, 5) is 24.9. The number of nitrogens with zero attached hydrogens (tertiary/aromatic N) is 4. The summed E-state index contributed by atoms with van der Waals surface area (Å²) < 4.78 is 0. The average molecular weight is 404 g/mol. The third kappa shape index (κ3) is 3.97. The van der Waals surface area contributed by atoms with E-state index in [4.69, 9.17) is 15.1 Å². The molecule has 1 aromatic heterocycles. The first-order valence-corrected chi connectivity index (χ1v) is 9.82. The van der Waals surface area contributed by atoms with Crippen LogP contribution in [0.4, 0.5) is 5.82 Å². The fourth-order valence-corrected chi connectivity index (χ4v) is 3.76. The van der Waals surface area contributed by atoms with Crippen molar-refractivity contribution in [3.8, 4) is 17.1 Å². The molecule has 0 bridgehead atoms. The number of hydrogen-bond acceptors (Lipinski definition) is 6. The lowest BCUT2D eigenvalue weighted by molar-refractivity contribution is 0.0697. The van der Waals surface area contributed by atoms with Crippen LogP contribution in [0.5, 0.6) is 5.75 Å². The molecule has 0 unspecified atom stereocenters. The summed E-state index contributed by atoms with van der Waals surface area (Å²) in [5.74, 6) is 0.637. The number of carbonyl (C=O) groups is 1. The van der Waals surface area contributed by atoms with Crippen molar-refractivity contribution in [2.45, 2.75) is 19.5 Å². The maximum absolute atomic E-state index is 11.1. The predicted octanol–water partition coefficient (Wildman–Crippen LogP) is 3.17. The molecule has 0 amide bonds. The summed E-state index contributed by atoms with van der Waals surface area (Å²) in [6.07, 6.45) is 0.830. The zero-order valence-corrected chi connectivity index (χ0v) is 17.0. The van der Waals surface area contributed by atoms with Gasteiger partial charge in [0.15, 0.2) is 5.82 Å². The highest BCUT2D eigenvalue weighted by atomic mass is 16.4. The van der Waals surface area contributed by atoms with E-state index >= 15 is 0 Å². The largest absolute Gasteiger partial charge is 0.507 e. The van der Waals surface area contributed by atoms with Gasteiger partial charge in [-0.15, -0.1) is 0 Å². The summed E-state index contributed by atoms with van der Waals surface area (Å²) in [5.41, 5.74) is 4.06. The number of carboxylic acid groups (broad SMARTS) is 1. The van der Waals surface area contributed by atoms with E-state index in [2.05, 4.69) is 4.90 Å². The van der Waals surface area contributed by atoms with E-state index in [1.807, 2.05) is 43.3 Å². The number of hydrogen-bond donors (Lipinski definition) is 2. The highest BCUT2D eigenvalue weighted by Crippen LogP contribution is 2.32. The van der Waals surface area contributed by atoms with Crippen LogP contribution in [0.1, 0.15) is 27.2 Å². The summed E-state index contributed by atoms with van der Waals surface area (Å²) >= 11 is 0. The number of aromatic nitrogens is 2. The first-order chi connectivity index (χ1) is 14.4. The predicted molar refractivity (Wildman–Crippen MR) is 115 cm³/mol. The van der Waals surface area contributed by atoms with Crippen molar-refractivity contribution in [1.29, 1.82) is 0 Å². The lowest BCUT2D eigenvalue weighted by Gasteiger charge is -2.30. The Labute approximate surface area is 175 Å². The van der Waals surface area contributed by atoms with Gasteiger partial charge < -0.3 is 15.1 Å². The molecule has 30 heavy (non-hydrogen) atoms. The molecule has 2 aromatic carbocycles. The normalized spacial score (nSPS) is 13.7. The van der Waals surface area contributed by atoms with Crippen LogP contribution < -0.4 is 4.90 Å². The van der Waals surface area contributed by atoms with E-state index in [-0.39, 0.29) is 5.75 Å². The summed E-state index contributed by atoms with van der Waals surface area (Å²) in [6.45, 7) is 2.25. The molecule has 7 nitrogen and oxygen atoms in total. The van der Waals surface area contributed by atoms with Gasteiger partial charge in [0.05, 0.1) is 16.8 Å². The second-order valence-corrected chi connectivity index (χ2v) is 7.67. The summed E-state index contributed by atoms with van der Waals surface area (Å²) in [6, 6.07) is 14.1. The van der Waals surface area contributed by atoms with Crippen molar-refractivity contribution >= 4 is 11.8 Å². The quantitative estimate of drug-likeness (QED) is 0.675. The van der Waals surface area contributed by atoms with E-state index in [0.717, 1.165) is 35.6 Å². The Morgan fingerprint density at radius 3 is 2.50 bits per heavy atom. The SMILES string of the molecule is CN(C)c1nc(-c2ccccc2O)nc2c1CCN(Cc1ccc(C(=O)O)cc1)C2. The van der Waals surface area contributed by atoms with Gasteiger partial charge in [0.25, 0.3) is 0 Å². The van der Waals surface area contributed by atoms with Crippen molar-refractivity contribution in [3.63, 3.8) is 0 Å². The number of benzene rings is 2. The Morgan fingerprint density at radius 1 is 1.10 bits per heavy atom. The second kappa shape index (κ2) is 8.12. The molecule has 0 saturated heterocycles. The minimum Gasteiger partial charge on any atom is -0.507 e. The van der Waals surface area contributed by atoms with Crippen LogP contribution in [0.3, 0.4) is 0 Å². The van der Waals surface area contributed by atoms with E-state index in [0.29, 0.717) is 30.0 Å². The zero-order valence-electron chi connectivity index (χ0n) is 17.0. The Morgan fingerprint density at radius 2 is 1.83 bits per heavy atom. The van der Waals surface area contributed by atoms with Gasteiger partial charge in [-0.1, -0.05) is 24.3 Å². The zero-order chi connectivity index (χ0) is 21.3. The molecule has 154 valence electrons. The molecule has 0 fully saturated rings. The highest BCUT2D eigenvalue weighted by Gasteiger charge is 2.24. The van der Waals surface area contributed by atoms with Gasteiger partial charge in [-0.2, -0.15) is 0 Å². The number of carboxylic acids is 1. The van der Waals surface area contributed by atoms with Crippen LogP contribution in [0, 0.1) is 0 Å². The molecule has 3 aromatic rings. The average Bonchev–Trinajstić information content (AvgIpc) is 2.73. The van der Waals surface area contributed by atoms with Crippen molar-refractivity contribution < 1.29 is 15.0 Å². The van der Waals surface area contributed by atoms with Gasteiger partial charge in [0.1, 0.15) is 11.6 Å². The van der Waals surface area contributed by atoms with Crippen LogP contribution in [0.15, 0.2) is 48.5 Å². The lowest BCUT2D eigenvalue weighted by Crippen LogP contribution is -2.32. The van der Waals surface area contributed by atoms with Crippen LogP contribution in [0.2, 0.25) is 0 Å². The third-order valence-electron chi connectivity index (χ3n) is 5.30. The van der Waals surface area contributed by atoms with Crippen LogP contribution in [0.25, 0.3) is 11.4 Å². The van der Waals surface area contributed by atoms with Crippen LogP contribution in [-0.4, -0.2) is 51.7 Å². The Kier molecular flexibility index (Phi) is 5.37. The molecule has 1 aliphatic heterocycles. The van der Waals surface area contributed by atoms with Gasteiger partial charge >= 0.3 is 5.97 Å². The van der Waals surface area contributed by atoms with Crippen molar-refractivity contribution in [1.82, 2.24) is 14.9 Å². The number of para-hydroxylation sites is 1. The molecule has 0 saturated carbocycles. The Hall–Kier alpha value is -3.45. The maximum atomic E-state index is 11.1. The first kappa shape index (κ1) is 19.8. The Balaban J connectivity index is 1.63. The molecule has 0 atom stereocenters. The summed E-state index contributed by atoms with van der Waals surface area (Å²) in [7, 11) is 3.93. The number of fused-ring (bicyclic) bond motifs is 1. The van der Waals surface area contributed by atoms with E-state index in [9.17, 15) is 9.90 Å². The van der Waals surface area contributed by atoms with Gasteiger partial charge in [-0.3, -0.25) is 4.90 Å². The van der Waals surface area contributed by atoms with Crippen LogP contribution in [-0.2, 0) is 19.5 Å². The minimum absolute atomic E-state index is 0.161. The number of phenols is 1. The fourth-order valence-electron chi connectivity index (χ4n) is 3.76. The number of anilines is 1. The smallest absolute Gasteiger partial charge is 0.335 e. The van der Waals surface area contributed by atoms with Gasteiger partial charge in [-0.25, -0.2) is 14.8 Å². The molecule has 2 heterocycles. The minimum atomic E-state index is -0.918. The van der Waals surface area contributed by atoms with Crippen molar-refractivity contribution in [2.24, 2.45) is 0 Å². The molecule has 7 heteroatoms. The molecule has 1 aliphatic rings. The highest BCUT2D eigenvalue weighted by molar-refractivity contribution is 5.87. The molecule has 4 rings (SSSR count). The van der Waals surface area contributed by atoms with E-state index < -0.39 is 5.97 Å². The van der Waals surface area contributed by atoms with Gasteiger partial charge in [-0.05, 0) is 36.2 Å². The van der Waals surface area contributed by atoms with Crippen molar-refractivity contribution in [3.05, 3.63) is 70.9 Å². The fraction of sp³-hybridized carbons (Fsp3) is 0.261.